The molecule has 0 saturated heterocycles. The van der Waals surface area contributed by atoms with Crippen molar-refractivity contribution < 1.29 is 27.0 Å². The van der Waals surface area contributed by atoms with E-state index in [1.165, 1.54) is 0 Å². The fourth-order valence-corrected chi connectivity index (χ4v) is 2.84. The van der Waals surface area contributed by atoms with Crippen LogP contribution in [0.1, 0.15) is 27.0 Å². The van der Waals surface area contributed by atoms with E-state index in [4.69, 9.17) is 4.65 Å². The van der Waals surface area contributed by atoms with Gasteiger partial charge in [0.2, 0.25) is 0 Å². The molecule has 124 valence electrons. The van der Waals surface area contributed by atoms with E-state index in [0.717, 1.165) is 23.2 Å². The van der Waals surface area contributed by atoms with Crippen LogP contribution in [0.5, 0.6) is 0 Å². The molecule has 3 rings (SSSR count). The molecule has 7 heteroatoms. The van der Waals surface area contributed by atoms with Gasteiger partial charge in [0.05, 0.1) is 12.2 Å². The molecule has 2 aromatic rings. The molecule has 0 N–H and O–H groups in total. The minimum absolute atomic E-state index is 0.105. The number of alkyl halides is 3. The molecule has 1 aliphatic rings. The zero-order valence-electron chi connectivity index (χ0n) is 12.8. The Balaban J connectivity index is 1.90. The Morgan fingerprint density at radius 3 is 2.67 bits per heavy atom. The summed E-state index contributed by atoms with van der Waals surface area (Å²) in [5, 5.41) is 0. The van der Waals surface area contributed by atoms with Gasteiger partial charge in [-0.05, 0) is 34.8 Å². The van der Waals surface area contributed by atoms with E-state index < -0.39 is 28.9 Å². The maximum atomic E-state index is 13.1. The summed E-state index contributed by atoms with van der Waals surface area (Å²) >= 11 is 0. The number of hydrogen-bond acceptors (Lipinski definition) is 2. The third-order valence-electron chi connectivity index (χ3n) is 4.09. The second-order valence-electron chi connectivity index (χ2n) is 5.77. The summed E-state index contributed by atoms with van der Waals surface area (Å²) in [4.78, 5) is 12.3. The van der Waals surface area contributed by atoms with Crippen molar-refractivity contribution in [2.24, 2.45) is 0 Å². The van der Waals surface area contributed by atoms with Crippen LogP contribution in [0.2, 0.25) is 6.82 Å². The van der Waals surface area contributed by atoms with Crippen molar-refractivity contribution in [1.82, 2.24) is 0 Å². The van der Waals surface area contributed by atoms with Gasteiger partial charge in [0.1, 0.15) is 5.82 Å². The lowest BCUT2D eigenvalue weighted by Crippen LogP contribution is -2.25. The predicted molar refractivity (Wildman–Crippen MR) is 81.9 cm³/mol. The lowest BCUT2D eigenvalue weighted by molar-refractivity contribution is -0.138. The van der Waals surface area contributed by atoms with Gasteiger partial charge >= 0.3 is 13.1 Å². The molecular formula is C17H13BF4O2. The summed E-state index contributed by atoms with van der Waals surface area (Å²) in [6, 6.07) is 7.40. The minimum atomic E-state index is -4.78. The molecule has 0 atom stereocenters. The molecule has 0 unspecified atom stereocenters. The Labute approximate surface area is 136 Å². The van der Waals surface area contributed by atoms with E-state index in [-0.39, 0.29) is 13.3 Å². The number of ketones is 1. The Kier molecular flexibility index (Phi) is 4.21. The average Bonchev–Trinajstić information content (AvgIpc) is 2.87. The van der Waals surface area contributed by atoms with Gasteiger partial charge in [-0.3, -0.25) is 4.79 Å². The molecule has 0 fully saturated rings. The first-order chi connectivity index (χ1) is 11.3. The summed E-state index contributed by atoms with van der Waals surface area (Å²) in [5.41, 5.74) is 0.791. The third-order valence-corrected chi connectivity index (χ3v) is 4.09. The number of benzene rings is 2. The quantitative estimate of drug-likeness (QED) is 0.486. The molecule has 0 amide bonds. The SMILES string of the molecule is CB1OCc2ccc(CC(=O)c3ccc(F)cc3C(F)(F)F)cc21. The average molecular weight is 336 g/mol. The van der Waals surface area contributed by atoms with Crippen LogP contribution in [0.25, 0.3) is 0 Å². The molecule has 0 aromatic heterocycles. The summed E-state index contributed by atoms with van der Waals surface area (Å²) < 4.78 is 57.7. The van der Waals surface area contributed by atoms with E-state index in [1.807, 2.05) is 12.9 Å². The number of Topliss-reactive ketones (excluding diaryl/α,β-unsaturated/α-hetero) is 1. The van der Waals surface area contributed by atoms with Crippen LogP contribution in [0, 0.1) is 5.82 Å². The number of carbonyl (C=O) groups is 1. The fraction of sp³-hybridized carbons (Fsp3) is 0.235. The molecule has 2 nitrogen and oxygen atoms in total. The highest BCUT2D eigenvalue weighted by atomic mass is 19.4. The van der Waals surface area contributed by atoms with Crippen molar-refractivity contribution in [2.75, 3.05) is 0 Å². The van der Waals surface area contributed by atoms with E-state index in [9.17, 15) is 22.4 Å². The Bertz CT molecular complexity index is 802. The molecule has 0 radical (unpaired) electrons. The lowest BCUT2D eigenvalue weighted by Gasteiger charge is -2.12. The topological polar surface area (TPSA) is 26.3 Å². The van der Waals surface area contributed by atoms with Crippen LogP contribution < -0.4 is 5.46 Å². The van der Waals surface area contributed by atoms with Crippen LogP contribution in [0.4, 0.5) is 17.6 Å². The minimum Gasteiger partial charge on any atom is -0.427 e. The molecule has 0 aliphatic carbocycles. The maximum absolute atomic E-state index is 13.1. The Morgan fingerprint density at radius 1 is 1.21 bits per heavy atom. The molecule has 2 aromatic carbocycles. The molecule has 0 bridgehead atoms. The van der Waals surface area contributed by atoms with Gasteiger partial charge in [0, 0.05) is 12.0 Å². The molecule has 1 heterocycles. The summed E-state index contributed by atoms with van der Waals surface area (Å²) in [7, 11) is 0. The highest BCUT2D eigenvalue weighted by Gasteiger charge is 2.35. The number of rotatable bonds is 3. The first-order valence-electron chi connectivity index (χ1n) is 7.39. The van der Waals surface area contributed by atoms with Crippen molar-refractivity contribution in [1.29, 1.82) is 0 Å². The van der Waals surface area contributed by atoms with E-state index in [0.29, 0.717) is 18.2 Å². The molecule has 0 saturated carbocycles. The number of carbonyl (C=O) groups excluding carboxylic acids is 1. The van der Waals surface area contributed by atoms with Gasteiger partial charge in [0.25, 0.3) is 0 Å². The van der Waals surface area contributed by atoms with Gasteiger partial charge in [0.15, 0.2) is 5.78 Å². The van der Waals surface area contributed by atoms with Gasteiger partial charge in [-0.2, -0.15) is 13.2 Å². The number of hydrogen-bond donors (Lipinski definition) is 0. The number of halogens is 4. The monoisotopic (exact) mass is 336 g/mol. The second kappa shape index (κ2) is 6.05. The molecule has 0 spiro atoms. The zero-order chi connectivity index (χ0) is 17.5. The highest BCUT2D eigenvalue weighted by molar-refractivity contribution is 6.67. The predicted octanol–water partition coefficient (Wildman–Crippen LogP) is 3.63. The largest absolute Gasteiger partial charge is 0.427 e. The standard InChI is InChI=1S/C17H13BF4O2/c1-18-15-6-10(2-3-11(15)9-24-18)7-16(23)13-5-4-12(19)8-14(13)17(20,21)22/h2-6,8H,7,9H2,1H3. The van der Waals surface area contributed by atoms with E-state index in [1.54, 1.807) is 12.1 Å². The van der Waals surface area contributed by atoms with Gasteiger partial charge in [-0.15, -0.1) is 0 Å². The third kappa shape index (κ3) is 3.22. The summed E-state index contributed by atoms with van der Waals surface area (Å²) in [5.74, 6) is -1.73. The normalized spacial score (nSPS) is 14.0. The summed E-state index contributed by atoms with van der Waals surface area (Å²) in [6.45, 7) is 2.26. The highest BCUT2D eigenvalue weighted by Crippen LogP contribution is 2.33. The van der Waals surface area contributed by atoms with Crippen molar-refractivity contribution in [3.8, 4) is 0 Å². The molecule has 1 aliphatic heterocycles. The van der Waals surface area contributed by atoms with Crippen molar-refractivity contribution in [2.45, 2.75) is 26.0 Å². The molecule has 24 heavy (non-hydrogen) atoms. The first kappa shape index (κ1) is 16.7. The smallest absolute Gasteiger partial charge is 0.417 e. The Morgan fingerprint density at radius 2 is 1.96 bits per heavy atom. The molecular weight excluding hydrogens is 323 g/mol. The van der Waals surface area contributed by atoms with Crippen LogP contribution in [-0.4, -0.2) is 12.7 Å². The maximum Gasteiger partial charge on any atom is 0.417 e. The van der Waals surface area contributed by atoms with E-state index in [2.05, 4.69) is 0 Å². The zero-order valence-corrected chi connectivity index (χ0v) is 12.8. The van der Waals surface area contributed by atoms with Crippen molar-refractivity contribution in [3.63, 3.8) is 0 Å². The fourth-order valence-electron chi connectivity index (χ4n) is 2.84. The van der Waals surface area contributed by atoms with Gasteiger partial charge in [-0.1, -0.05) is 25.0 Å². The Hall–Kier alpha value is -2.15. The number of fused-ring (bicyclic) bond motifs is 1. The van der Waals surface area contributed by atoms with Gasteiger partial charge < -0.3 is 4.65 Å². The van der Waals surface area contributed by atoms with Gasteiger partial charge in [-0.25, -0.2) is 4.39 Å². The van der Waals surface area contributed by atoms with Crippen molar-refractivity contribution >= 4 is 18.2 Å². The lowest BCUT2D eigenvalue weighted by atomic mass is 9.64. The van der Waals surface area contributed by atoms with Crippen LogP contribution in [0.15, 0.2) is 36.4 Å². The van der Waals surface area contributed by atoms with Crippen LogP contribution in [-0.2, 0) is 23.9 Å². The van der Waals surface area contributed by atoms with Crippen molar-refractivity contribution in [3.05, 3.63) is 64.5 Å². The van der Waals surface area contributed by atoms with E-state index >= 15 is 0 Å². The summed E-state index contributed by atoms with van der Waals surface area (Å²) in [6.07, 6.45) is -4.97. The second-order valence-corrected chi connectivity index (χ2v) is 5.77. The van der Waals surface area contributed by atoms with Crippen LogP contribution >= 0.6 is 0 Å². The van der Waals surface area contributed by atoms with Crippen LogP contribution in [0.3, 0.4) is 0 Å². The first-order valence-corrected chi connectivity index (χ1v) is 7.39.